The molecule has 1 aromatic carbocycles. The summed E-state index contributed by atoms with van der Waals surface area (Å²) in [5.41, 5.74) is 1.16. The molecule has 0 aliphatic carbocycles. The molecule has 0 aliphatic rings. The molecule has 0 radical (unpaired) electrons. The highest BCUT2D eigenvalue weighted by Gasteiger charge is 2.23. The normalized spacial score (nSPS) is 10.7. The van der Waals surface area contributed by atoms with Crippen LogP contribution in [0.5, 0.6) is 5.88 Å². The van der Waals surface area contributed by atoms with Crippen molar-refractivity contribution in [2.45, 2.75) is 6.92 Å². The molecule has 0 spiro atoms. The van der Waals surface area contributed by atoms with E-state index in [0.29, 0.717) is 16.9 Å². The summed E-state index contributed by atoms with van der Waals surface area (Å²) in [6.45, 7) is 1.86. The number of hydrogen-bond acceptors (Lipinski definition) is 5. The van der Waals surface area contributed by atoms with Crippen molar-refractivity contribution in [3.63, 3.8) is 0 Å². The van der Waals surface area contributed by atoms with Gasteiger partial charge in [0.05, 0.1) is 29.8 Å². The van der Waals surface area contributed by atoms with E-state index in [1.54, 1.807) is 25.1 Å². The molecule has 0 fully saturated rings. The van der Waals surface area contributed by atoms with Gasteiger partial charge in [0.1, 0.15) is 11.3 Å². The van der Waals surface area contributed by atoms with Gasteiger partial charge in [-0.15, -0.1) is 0 Å². The van der Waals surface area contributed by atoms with E-state index < -0.39 is 11.8 Å². The van der Waals surface area contributed by atoms with E-state index in [-0.39, 0.29) is 28.3 Å². The molecular weight excluding hydrogens is 347 g/mol. The van der Waals surface area contributed by atoms with Crippen molar-refractivity contribution in [2.75, 3.05) is 13.7 Å². The molecule has 0 N–H and O–H groups in total. The van der Waals surface area contributed by atoms with Crippen molar-refractivity contribution in [3.8, 4) is 17.0 Å². The third kappa shape index (κ3) is 3.13. The van der Waals surface area contributed by atoms with Gasteiger partial charge in [-0.05, 0) is 25.1 Å². The topological polar surface area (TPSA) is 61.3 Å². The van der Waals surface area contributed by atoms with Gasteiger partial charge in [-0.2, -0.15) is 0 Å². The molecule has 25 heavy (non-hydrogen) atoms. The van der Waals surface area contributed by atoms with E-state index in [0.717, 1.165) is 0 Å². The van der Waals surface area contributed by atoms with Crippen LogP contribution >= 0.6 is 11.6 Å². The molecule has 0 saturated heterocycles. The molecule has 0 unspecified atom stereocenters. The van der Waals surface area contributed by atoms with Crippen LogP contribution in [0.1, 0.15) is 17.3 Å². The van der Waals surface area contributed by atoms with E-state index in [9.17, 15) is 9.18 Å². The predicted octanol–water partition coefficient (Wildman–Crippen LogP) is 4.27. The van der Waals surface area contributed by atoms with Crippen LogP contribution in [0.25, 0.3) is 22.2 Å². The van der Waals surface area contributed by atoms with Crippen molar-refractivity contribution < 1.29 is 18.7 Å². The Kier molecular flexibility index (Phi) is 4.81. The van der Waals surface area contributed by atoms with Gasteiger partial charge in [0.15, 0.2) is 0 Å². The smallest absolute Gasteiger partial charge is 0.340 e. The fraction of sp³-hybridized carbons (Fsp3) is 0.167. The van der Waals surface area contributed by atoms with Gasteiger partial charge in [0.25, 0.3) is 0 Å². The van der Waals surface area contributed by atoms with Crippen LogP contribution in [0.4, 0.5) is 4.39 Å². The van der Waals surface area contributed by atoms with Crippen molar-refractivity contribution in [3.05, 3.63) is 52.9 Å². The number of nitrogens with zero attached hydrogens (tertiary/aromatic N) is 2. The van der Waals surface area contributed by atoms with Crippen molar-refractivity contribution in [1.29, 1.82) is 0 Å². The summed E-state index contributed by atoms with van der Waals surface area (Å²) in [4.78, 5) is 20.9. The Morgan fingerprint density at radius 2 is 2.04 bits per heavy atom. The molecule has 0 aliphatic heterocycles. The molecule has 2 aromatic heterocycles. The lowest BCUT2D eigenvalue weighted by Crippen LogP contribution is -2.09. The number of fused-ring (bicyclic) bond motifs is 1. The van der Waals surface area contributed by atoms with E-state index in [1.807, 2.05) is 0 Å². The van der Waals surface area contributed by atoms with Crippen LogP contribution in [-0.2, 0) is 4.74 Å². The number of ether oxygens (including phenoxy) is 2. The Hall–Kier alpha value is -2.73. The summed E-state index contributed by atoms with van der Waals surface area (Å²) >= 11 is 6.22. The average molecular weight is 361 g/mol. The number of esters is 1. The highest BCUT2D eigenvalue weighted by atomic mass is 35.5. The highest BCUT2D eigenvalue weighted by molar-refractivity contribution is 6.34. The van der Waals surface area contributed by atoms with Gasteiger partial charge >= 0.3 is 5.97 Å². The second-order valence-corrected chi connectivity index (χ2v) is 5.49. The molecule has 0 atom stereocenters. The van der Waals surface area contributed by atoms with Crippen molar-refractivity contribution >= 4 is 28.6 Å². The maximum atomic E-state index is 14.6. The molecule has 3 aromatic rings. The first-order valence-electron chi connectivity index (χ1n) is 7.52. The SMILES string of the molecule is CCOC(=O)c1cnc2ccc(OC)nc2c1-c1c(F)cccc1Cl. The molecular formula is C18H14ClFN2O3. The number of methoxy groups -OCH3 is 1. The quantitative estimate of drug-likeness (QED) is 0.650. The maximum absolute atomic E-state index is 14.6. The number of rotatable bonds is 4. The number of aromatic nitrogens is 2. The first kappa shape index (κ1) is 17.1. The zero-order valence-corrected chi connectivity index (χ0v) is 14.3. The summed E-state index contributed by atoms with van der Waals surface area (Å²) < 4.78 is 24.8. The summed E-state index contributed by atoms with van der Waals surface area (Å²) in [6.07, 6.45) is 1.34. The molecule has 3 rings (SSSR count). The fourth-order valence-electron chi connectivity index (χ4n) is 2.52. The fourth-order valence-corrected chi connectivity index (χ4v) is 2.77. The second kappa shape index (κ2) is 7.03. The average Bonchev–Trinajstić information content (AvgIpc) is 2.61. The van der Waals surface area contributed by atoms with Gasteiger partial charge in [0, 0.05) is 23.4 Å². The highest BCUT2D eigenvalue weighted by Crippen LogP contribution is 2.37. The van der Waals surface area contributed by atoms with Crippen molar-refractivity contribution in [1.82, 2.24) is 9.97 Å². The molecule has 0 bridgehead atoms. The minimum Gasteiger partial charge on any atom is -0.481 e. The summed E-state index contributed by atoms with van der Waals surface area (Å²) in [5, 5.41) is 0.155. The summed E-state index contributed by atoms with van der Waals surface area (Å²) in [7, 11) is 1.46. The lowest BCUT2D eigenvalue weighted by molar-refractivity contribution is 0.0527. The minimum atomic E-state index is -0.629. The lowest BCUT2D eigenvalue weighted by Gasteiger charge is -2.14. The zero-order valence-electron chi connectivity index (χ0n) is 13.5. The first-order chi connectivity index (χ1) is 12.1. The Morgan fingerprint density at radius 1 is 1.24 bits per heavy atom. The van der Waals surface area contributed by atoms with Gasteiger partial charge in [-0.1, -0.05) is 17.7 Å². The number of carbonyl (C=O) groups is 1. The summed E-state index contributed by atoms with van der Waals surface area (Å²) in [5.74, 6) is -0.893. The standard InChI is InChI=1S/C18H14ClFN2O3/c1-3-25-18(23)10-9-21-13-7-8-14(24-2)22-17(13)15(10)16-11(19)5-4-6-12(16)20/h4-9H,3H2,1-2H3. The second-order valence-electron chi connectivity index (χ2n) is 5.09. The van der Waals surface area contributed by atoms with E-state index >= 15 is 0 Å². The van der Waals surface area contributed by atoms with Gasteiger partial charge in [0.2, 0.25) is 5.88 Å². The monoisotopic (exact) mass is 360 g/mol. The van der Waals surface area contributed by atoms with Gasteiger partial charge in [-0.3, -0.25) is 4.98 Å². The molecule has 0 amide bonds. The Labute approximate surface area is 148 Å². The molecule has 2 heterocycles. The van der Waals surface area contributed by atoms with Gasteiger partial charge in [-0.25, -0.2) is 14.2 Å². The Morgan fingerprint density at radius 3 is 2.72 bits per heavy atom. The van der Waals surface area contributed by atoms with Crippen LogP contribution < -0.4 is 4.74 Å². The molecule has 7 heteroatoms. The van der Waals surface area contributed by atoms with E-state index in [1.165, 1.54) is 25.4 Å². The third-order valence-corrected chi connectivity index (χ3v) is 3.92. The first-order valence-corrected chi connectivity index (χ1v) is 7.89. The number of benzene rings is 1. The number of carbonyl (C=O) groups excluding carboxylic acids is 1. The number of hydrogen-bond donors (Lipinski definition) is 0. The number of halogens is 2. The van der Waals surface area contributed by atoms with E-state index in [4.69, 9.17) is 21.1 Å². The largest absolute Gasteiger partial charge is 0.481 e. The van der Waals surface area contributed by atoms with Crippen LogP contribution in [0.2, 0.25) is 5.02 Å². The Bertz CT molecular complexity index is 942. The maximum Gasteiger partial charge on any atom is 0.340 e. The lowest BCUT2D eigenvalue weighted by atomic mass is 9.98. The van der Waals surface area contributed by atoms with E-state index in [2.05, 4.69) is 9.97 Å². The zero-order chi connectivity index (χ0) is 18.0. The molecule has 0 saturated carbocycles. The third-order valence-electron chi connectivity index (χ3n) is 3.60. The van der Waals surface area contributed by atoms with Crippen molar-refractivity contribution in [2.24, 2.45) is 0 Å². The number of pyridine rings is 2. The van der Waals surface area contributed by atoms with Crippen LogP contribution in [0.3, 0.4) is 0 Å². The van der Waals surface area contributed by atoms with Gasteiger partial charge < -0.3 is 9.47 Å². The van der Waals surface area contributed by atoms with Crippen LogP contribution in [-0.4, -0.2) is 29.7 Å². The summed E-state index contributed by atoms with van der Waals surface area (Å²) in [6, 6.07) is 7.60. The Balaban J connectivity index is 2.42. The molecule has 5 nitrogen and oxygen atoms in total. The molecule has 128 valence electrons. The van der Waals surface area contributed by atoms with Crippen LogP contribution in [0.15, 0.2) is 36.5 Å². The minimum absolute atomic E-state index is 0.0698. The van der Waals surface area contributed by atoms with Crippen LogP contribution in [0, 0.1) is 5.82 Å². The predicted molar refractivity (Wildman–Crippen MR) is 92.5 cm³/mol.